The third-order valence-electron chi connectivity index (χ3n) is 7.76. The number of nitrogens with one attached hydrogen (secondary N) is 2. The number of amides is 1. The Morgan fingerprint density at radius 3 is 2.20 bits per heavy atom. The number of rotatable bonds is 6. The lowest BCUT2D eigenvalue weighted by atomic mass is 9.48. The summed E-state index contributed by atoms with van der Waals surface area (Å²) in [4.78, 5) is 12.4. The van der Waals surface area contributed by atoms with E-state index in [1.54, 1.807) is 24.3 Å². The zero-order chi connectivity index (χ0) is 24.2. The standard InChI is InChI=1S/C25H25ClN4O3S2/c26-21-4-2-1-3-20(21)22(31)27-23-28-29-24(34-23)35(32,33)30-19-7-5-18(6-8-19)25-12-15-9-16(13-25)11-17(10-15)14-25/h1-8,15-17,30H,9-14H2,(H,27,28,31). The second-order valence-electron chi connectivity index (χ2n) is 10.2. The molecule has 182 valence electrons. The highest BCUT2D eigenvalue weighted by Crippen LogP contribution is 2.60. The van der Waals surface area contributed by atoms with Gasteiger partial charge in [-0.15, -0.1) is 10.2 Å². The molecule has 4 fully saturated rings. The van der Waals surface area contributed by atoms with Crippen molar-refractivity contribution in [2.24, 2.45) is 17.8 Å². The number of benzene rings is 2. The molecule has 4 bridgehead atoms. The van der Waals surface area contributed by atoms with Gasteiger partial charge in [0.2, 0.25) is 5.13 Å². The van der Waals surface area contributed by atoms with Gasteiger partial charge in [0.05, 0.1) is 10.6 Å². The average Bonchev–Trinajstić information content (AvgIpc) is 3.28. The van der Waals surface area contributed by atoms with E-state index in [1.807, 2.05) is 12.1 Å². The summed E-state index contributed by atoms with van der Waals surface area (Å²) in [7, 11) is -3.94. The molecule has 0 radical (unpaired) electrons. The van der Waals surface area contributed by atoms with E-state index in [9.17, 15) is 13.2 Å². The van der Waals surface area contributed by atoms with Crippen molar-refractivity contribution in [2.75, 3.05) is 10.0 Å². The predicted molar refractivity (Wildman–Crippen MR) is 136 cm³/mol. The Labute approximate surface area is 213 Å². The smallest absolute Gasteiger partial charge is 0.291 e. The molecular formula is C25H25ClN4O3S2. The maximum atomic E-state index is 12.9. The third-order valence-corrected chi connectivity index (χ3v) is 10.7. The number of hydrogen-bond donors (Lipinski definition) is 2. The average molecular weight is 529 g/mol. The molecule has 4 saturated carbocycles. The molecule has 0 spiro atoms. The first-order valence-corrected chi connectivity index (χ1v) is 14.5. The molecule has 4 aliphatic rings. The summed E-state index contributed by atoms with van der Waals surface area (Å²) in [6.07, 6.45) is 7.95. The van der Waals surface area contributed by atoms with Gasteiger partial charge in [-0.25, -0.2) is 0 Å². The molecule has 1 heterocycles. The Kier molecular flexibility index (Phi) is 5.62. The predicted octanol–water partition coefficient (Wildman–Crippen LogP) is 5.71. The lowest BCUT2D eigenvalue weighted by molar-refractivity contribution is -0.00518. The number of carbonyl (C=O) groups is 1. The molecular weight excluding hydrogens is 504 g/mol. The van der Waals surface area contributed by atoms with Gasteiger partial charge >= 0.3 is 0 Å². The van der Waals surface area contributed by atoms with Gasteiger partial charge in [-0.2, -0.15) is 8.42 Å². The second kappa shape index (κ2) is 8.57. The van der Waals surface area contributed by atoms with Crippen LogP contribution in [0.1, 0.15) is 54.4 Å². The molecule has 7 rings (SSSR count). The summed E-state index contributed by atoms with van der Waals surface area (Å²) in [5, 5.41) is 10.5. The van der Waals surface area contributed by atoms with Crippen LogP contribution >= 0.6 is 22.9 Å². The topological polar surface area (TPSA) is 101 Å². The van der Waals surface area contributed by atoms with Crippen molar-refractivity contribution in [3.8, 4) is 0 Å². The highest BCUT2D eigenvalue weighted by atomic mass is 35.5. The summed E-state index contributed by atoms with van der Waals surface area (Å²) in [5.74, 6) is 2.07. The Bertz CT molecular complexity index is 1350. The molecule has 3 aromatic rings. The Hall–Kier alpha value is -2.49. The van der Waals surface area contributed by atoms with Gasteiger partial charge in [0.25, 0.3) is 20.3 Å². The van der Waals surface area contributed by atoms with E-state index < -0.39 is 15.9 Å². The van der Waals surface area contributed by atoms with Crippen LogP contribution in [0.3, 0.4) is 0 Å². The van der Waals surface area contributed by atoms with Gasteiger partial charge in [-0.1, -0.05) is 47.2 Å². The number of halogens is 1. The van der Waals surface area contributed by atoms with Gasteiger partial charge in [0.1, 0.15) is 0 Å². The molecule has 0 unspecified atom stereocenters. The summed E-state index contributed by atoms with van der Waals surface area (Å²) in [6.45, 7) is 0. The van der Waals surface area contributed by atoms with Crippen molar-refractivity contribution in [2.45, 2.75) is 48.3 Å². The summed E-state index contributed by atoms with van der Waals surface area (Å²) < 4.78 is 28.2. The van der Waals surface area contributed by atoms with E-state index in [4.69, 9.17) is 11.6 Å². The lowest BCUT2D eigenvalue weighted by Crippen LogP contribution is -2.48. The van der Waals surface area contributed by atoms with E-state index in [0.29, 0.717) is 10.7 Å². The SMILES string of the molecule is O=C(Nc1nnc(S(=O)(=O)Nc2ccc(C34CC5CC(CC(C5)C3)C4)cc2)s1)c1ccccc1Cl. The fourth-order valence-corrected chi connectivity index (χ4v) is 8.91. The molecule has 35 heavy (non-hydrogen) atoms. The monoisotopic (exact) mass is 528 g/mol. The van der Waals surface area contributed by atoms with Crippen LogP contribution in [0.2, 0.25) is 5.02 Å². The van der Waals surface area contributed by atoms with Gasteiger partial charge in [-0.3, -0.25) is 14.8 Å². The Morgan fingerprint density at radius 2 is 1.57 bits per heavy atom. The molecule has 0 saturated heterocycles. The van der Waals surface area contributed by atoms with Crippen molar-refractivity contribution >= 4 is 49.7 Å². The van der Waals surface area contributed by atoms with Crippen molar-refractivity contribution in [1.29, 1.82) is 0 Å². The third kappa shape index (κ3) is 4.34. The number of carbonyl (C=O) groups excluding carboxylic acids is 1. The largest absolute Gasteiger partial charge is 0.296 e. The van der Waals surface area contributed by atoms with Crippen molar-refractivity contribution < 1.29 is 13.2 Å². The van der Waals surface area contributed by atoms with Crippen molar-refractivity contribution in [1.82, 2.24) is 10.2 Å². The molecule has 0 aliphatic heterocycles. The quantitative estimate of drug-likeness (QED) is 0.399. The van der Waals surface area contributed by atoms with E-state index in [2.05, 4.69) is 32.4 Å². The van der Waals surface area contributed by atoms with E-state index in [0.717, 1.165) is 29.1 Å². The molecule has 0 atom stereocenters. The number of sulfonamides is 1. The second-order valence-corrected chi connectivity index (χ2v) is 13.4. The molecule has 1 amide bonds. The van der Waals surface area contributed by atoms with Gasteiger partial charge < -0.3 is 0 Å². The highest BCUT2D eigenvalue weighted by Gasteiger charge is 2.51. The molecule has 1 aromatic heterocycles. The fraction of sp³-hybridized carbons (Fsp3) is 0.400. The molecule has 10 heteroatoms. The minimum absolute atomic E-state index is 0.0764. The maximum Gasteiger partial charge on any atom is 0.291 e. The molecule has 7 nitrogen and oxygen atoms in total. The Balaban J connectivity index is 1.15. The fourth-order valence-electron chi connectivity index (χ4n) is 6.73. The normalized spacial score (nSPS) is 27.1. The Morgan fingerprint density at radius 1 is 0.943 bits per heavy atom. The minimum atomic E-state index is -3.94. The van der Waals surface area contributed by atoms with E-state index in [1.165, 1.54) is 44.1 Å². The van der Waals surface area contributed by atoms with Gasteiger partial charge in [0, 0.05) is 5.69 Å². The van der Waals surface area contributed by atoms with Crippen LogP contribution in [0, 0.1) is 17.8 Å². The first-order chi connectivity index (χ1) is 16.8. The van der Waals surface area contributed by atoms with Crippen LogP contribution in [0.5, 0.6) is 0 Å². The van der Waals surface area contributed by atoms with Crippen LogP contribution in [-0.2, 0) is 15.4 Å². The summed E-state index contributed by atoms with van der Waals surface area (Å²) in [5.41, 5.74) is 2.35. The lowest BCUT2D eigenvalue weighted by Gasteiger charge is -2.57. The molecule has 2 N–H and O–H groups in total. The zero-order valence-corrected chi connectivity index (χ0v) is 21.3. The number of anilines is 2. The summed E-state index contributed by atoms with van der Waals surface area (Å²) >= 11 is 6.83. The maximum absolute atomic E-state index is 12.9. The van der Waals surface area contributed by atoms with Gasteiger partial charge in [0.15, 0.2) is 0 Å². The van der Waals surface area contributed by atoms with Crippen molar-refractivity contribution in [3.05, 3.63) is 64.7 Å². The van der Waals surface area contributed by atoms with Crippen LogP contribution in [0.15, 0.2) is 52.9 Å². The van der Waals surface area contributed by atoms with Crippen LogP contribution < -0.4 is 10.0 Å². The minimum Gasteiger partial charge on any atom is -0.296 e. The van der Waals surface area contributed by atoms with Crippen molar-refractivity contribution in [3.63, 3.8) is 0 Å². The van der Waals surface area contributed by atoms with Crippen LogP contribution in [0.25, 0.3) is 0 Å². The van der Waals surface area contributed by atoms with E-state index >= 15 is 0 Å². The first kappa shape index (κ1) is 22.9. The molecule has 4 aliphatic carbocycles. The zero-order valence-electron chi connectivity index (χ0n) is 18.9. The van der Waals surface area contributed by atoms with Crippen LogP contribution in [0.4, 0.5) is 10.8 Å². The number of hydrogen-bond acceptors (Lipinski definition) is 6. The first-order valence-electron chi connectivity index (χ1n) is 11.8. The van der Waals surface area contributed by atoms with Gasteiger partial charge in [-0.05, 0) is 91.5 Å². The number of nitrogens with zero attached hydrogens (tertiary/aromatic N) is 2. The van der Waals surface area contributed by atoms with Crippen LogP contribution in [-0.4, -0.2) is 24.5 Å². The summed E-state index contributed by atoms with van der Waals surface area (Å²) in [6, 6.07) is 14.4. The molecule has 2 aromatic carbocycles. The van der Waals surface area contributed by atoms with E-state index in [-0.39, 0.29) is 20.4 Å². The highest BCUT2D eigenvalue weighted by molar-refractivity contribution is 7.94. The number of aromatic nitrogens is 2.